The number of nitrogens with zero attached hydrogens (tertiary/aromatic N) is 1. The van der Waals surface area contributed by atoms with Crippen molar-refractivity contribution in [2.75, 3.05) is 26.8 Å². The molecular formula is C16H25ClN2O2. The highest BCUT2D eigenvalue weighted by Crippen LogP contribution is 2.09. The highest BCUT2D eigenvalue weighted by Gasteiger charge is 2.19. The molecule has 1 saturated heterocycles. The van der Waals surface area contributed by atoms with E-state index in [2.05, 4.69) is 36.5 Å². The first-order chi connectivity index (χ1) is 9.69. The predicted molar refractivity (Wildman–Crippen MR) is 86.8 cm³/mol. The van der Waals surface area contributed by atoms with Crippen molar-refractivity contribution in [1.29, 1.82) is 0 Å². The van der Waals surface area contributed by atoms with Crippen molar-refractivity contribution in [3.63, 3.8) is 0 Å². The van der Waals surface area contributed by atoms with Crippen molar-refractivity contribution in [2.45, 2.75) is 32.4 Å². The molecule has 5 heteroatoms. The molecule has 0 aromatic heterocycles. The van der Waals surface area contributed by atoms with Gasteiger partial charge >= 0.3 is 0 Å². The lowest BCUT2D eigenvalue weighted by molar-refractivity contribution is -0.131. The molecule has 1 aliphatic heterocycles. The van der Waals surface area contributed by atoms with Crippen LogP contribution in [0, 0.1) is 0 Å². The van der Waals surface area contributed by atoms with Crippen LogP contribution in [-0.4, -0.2) is 43.7 Å². The molecule has 118 valence electrons. The van der Waals surface area contributed by atoms with E-state index in [1.807, 2.05) is 7.05 Å². The summed E-state index contributed by atoms with van der Waals surface area (Å²) in [6.45, 7) is 5.01. The van der Waals surface area contributed by atoms with E-state index >= 15 is 0 Å². The van der Waals surface area contributed by atoms with Gasteiger partial charge in [-0.2, -0.15) is 0 Å². The van der Waals surface area contributed by atoms with Crippen LogP contribution in [-0.2, 0) is 22.5 Å². The van der Waals surface area contributed by atoms with Gasteiger partial charge in [0.15, 0.2) is 0 Å². The van der Waals surface area contributed by atoms with Gasteiger partial charge in [0, 0.05) is 32.6 Å². The summed E-state index contributed by atoms with van der Waals surface area (Å²) in [7, 11) is 1.86. The number of benzene rings is 1. The first-order valence-electron chi connectivity index (χ1n) is 7.32. The molecule has 1 heterocycles. The second-order valence-electron chi connectivity index (χ2n) is 5.35. The maximum Gasteiger partial charge on any atom is 0.224 e. The molecule has 4 nitrogen and oxygen atoms in total. The Morgan fingerprint density at radius 3 is 2.57 bits per heavy atom. The minimum Gasteiger partial charge on any atom is -0.378 e. The summed E-state index contributed by atoms with van der Waals surface area (Å²) in [6.07, 6.45) is 1.55. The molecule has 1 aliphatic rings. The number of nitrogens with one attached hydrogen (secondary N) is 1. The molecule has 1 aromatic carbocycles. The van der Waals surface area contributed by atoms with E-state index < -0.39 is 0 Å². The molecule has 1 N–H and O–H groups in total. The highest BCUT2D eigenvalue weighted by molar-refractivity contribution is 5.85. The summed E-state index contributed by atoms with van der Waals surface area (Å²) in [5.41, 5.74) is 2.50. The maximum atomic E-state index is 12.2. The van der Waals surface area contributed by atoms with Gasteiger partial charge in [0.2, 0.25) is 5.91 Å². The zero-order valence-electron chi connectivity index (χ0n) is 12.8. The van der Waals surface area contributed by atoms with Crippen molar-refractivity contribution in [2.24, 2.45) is 0 Å². The van der Waals surface area contributed by atoms with Gasteiger partial charge < -0.3 is 15.0 Å². The maximum absolute atomic E-state index is 12.2. The van der Waals surface area contributed by atoms with E-state index in [4.69, 9.17) is 4.74 Å². The zero-order valence-corrected chi connectivity index (χ0v) is 13.6. The number of aryl methyl sites for hydroxylation is 1. The number of amides is 1. The Morgan fingerprint density at radius 2 is 2.00 bits per heavy atom. The van der Waals surface area contributed by atoms with E-state index in [1.165, 1.54) is 11.1 Å². The number of carbonyl (C=O) groups excluding carboxylic acids is 1. The van der Waals surface area contributed by atoms with Crippen molar-refractivity contribution in [3.8, 4) is 0 Å². The SMILES string of the molecule is CCc1ccc(CN(C)C(=O)CC2COCCN2)cc1.Cl. The van der Waals surface area contributed by atoms with Crippen molar-refractivity contribution >= 4 is 18.3 Å². The fourth-order valence-corrected chi connectivity index (χ4v) is 2.36. The van der Waals surface area contributed by atoms with Crippen LogP contribution < -0.4 is 5.32 Å². The van der Waals surface area contributed by atoms with E-state index in [9.17, 15) is 4.79 Å². The second kappa shape index (κ2) is 9.03. The highest BCUT2D eigenvalue weighted by atomic mass is 35.5. The lowest BCUT2D eigenvalue weighted by Crippen LogP contribution is -2.44. The van der Waals surface area contributed by atoms with Crippen LogP contribution in [0.5, 0.6) is 0 Å². The molecule has 1 fully saturated rings. The Balaban J connectivity index is 0.00000220. The minimum atomic E-state index is 0. The molecule has 0 radical (unpaired) electrons. The fourth-order valence-electron chi connectivity index (χ4n) is 2.36. The van der Waals surface area contributed by atoms with Crippen molar-refractivity contribution in [1.82, 2.24) is 10.2 Å². The molecule has 1 aromatic rings. The number of ether oxygens (including phenoxy) is 1. The normalized spacial score (nSPS) is 17.9. The first kappa shape index (κ1) is 18.0. The Morgan fingerprint density at radius 1 is 1.33 bits per heavy atom. The number of rotatable bonds is 5. The van der Waals surface area contributed by atoms with Gasteiger partial charge in [-0.25, -0.2) is 0 Å². The first-order valence-corrected chi connectivity index (χ1v) is 7.32. The van der Waals surface area contributed by atoms with Gasteiger partial charge in [-0.3, -0.25) is 4.79 Å². The summed E-state index contributed by atoms with van der Waals surface area (Å²) >= 11 is 0. The Bertz CT molecular complexity index is 430. The van der Waals surface area contributed by atoms with Gasteiger partial charge in [-0.05, 0) is 17.5 Å². The summed E-state index contributed by atoms with van der Waals surface area (Å²) in [4.78, 5) is 14.0. The van der Waals surface area contributed by atoms with Crippen LogP contribution in [0.25, 0.3) is 0 Å². The Labute approximate surface area is 133 Å². The molecular weight excluding hydrogens is 288 g/mol. The van der Waals surface area contributed by atoms with Gasteiger partial charge in [0.1, 0.15) is 0 Å². The number of hydrogen-bond acceptors (Lipinski definition) is 3. The van der Waals surface area contributed by atoms with Crippen molar-refractivity contribution in [3.05, 3.63) is 35.4 Å². The summed E-state index contributed by atoms with van der Waals surface area (Å²) < 4.78 is 5.37. The Hall–Kier alpha value is -1.10. The number of carbonyl (C=O) groups is 1. The van der Waals surface area contributed by atoms with Crippen LogP contribution >= 0.6 is 12.4 Å². The third-order valence-electron chi connectivity index (χ3n) is 3.70. The number of halogens is 1. The minimum absolute atomic E-state index is 0. The standard InChI is InChI=1S/C16H24N2O2.ClH/c1-3-13-4-6-14(7-5-13)11-18(2)16(19)10-15-12-20-9-8-17-15;/h4-7,15,17H,3,8-12H2,1-2H3;1H. The van der Waals surface area contributed by atoms with E-state index in [1.54, 1.807) is 4.90 Å². The largest absolute Gasteiger partial charge is 0.378 e. The summed E-state index contributed by atoms with van der Waals surface area (Å²) in [6, 6.07) is 8.62. The van der Waals surface area contributed by atoms with E-state index in [0.717, 1.165) is 19.6 Å². The lowest BCUT2D eigenvalue weighted by atomic mass is 10.1. The van der Waals surface area contributed by atoms with Crippen LogP contribution in [0.4, 0.5) is 0 Å². The van der Waals surface area contributed by atoms with Crippen LogP contribution in [0.3, 0.4) is 0 Å². The average molecular weight is 313 g/mol. The second-order valence-corrected chi connectivity index (χ2v) is 5.35. The monoisotopic (exact) mass is 312 g/mol. The predicted octanol–water partition coefficient (Wildman–Crippen LogP) is 2.01. The number of morpholine rings is 1. The van der Waals surface area contributed by atoms with E-state index in [-0.39, 0.29) is 24.4 Å². The van der Waals surface area contributed by atoms with Gasteiger partial charge in [-0.1, -0.05) is 31.2 Å². The smallest absolute Gasteiger partial charge is 0.224 e. The molecule has 21 heavy (non-hydrogen) atoms. The number of hydrogen-bond donors (Lipinski definition) is 1. The molecule has 1 unspecified atom stereocenters. The molecule has 2 rings (SSSR count). The summed E-state index contributed by atoms with van der Waals surface area (Å²) in [5, 5.41) is 3.31. The van der Waals surface area contributed by atoms with Crippen LogP contribution in [0.15, 0.2) is 24.3 Å². The van der Waals surface area contributed by atoms with Crippen LogP contribution in [0.2, 0.25) is 0 Å². The van der Waals surface area contributed by atoms with Gasteiger partial charge in [-0.15, -0.1) is 12.4 Å². The topological polar surface area (TPSA) is 41.6 Å². The van der Waals surface area contributed by atoms with E-state index in [0.29, 0.717) is 19.6 Å². The quantitative estimate of drug-likeness (QED) is 0.904. The third kappa shape index (κ3) is 5.65. The van der Waals surface area contributed by atoms with Crippen molar-refractivity contribution < 1.29 is 9.53 Å². The lowest BCUT2D eigenvalue weighted by Gasteiger charge is -2.25. The molecule has 0 aliphatic carbocycles. The molecule has 0 spiro atoms. The van der Waals surface area contributed by atoms with Crippen LogP contribution in [0.1, 0.15) is 24.5 Å². The fraction of sp³-hybridized carbons (Fsp3) is 0.562. The third-order valence-corrected chi connectivity index (χ3v) is 3.70. The summed E-state index contributed by atoms with van der Waals surface area (Å²) in [5.74, 6) is 0.160. The molecule has 0 bridgehead atoms. The molecule has 1 atom stereocenters. The Kier molecular flexibility index (Phi) is 7.72. The van der Waals surface area contributed by atoms with Gasteiger partial charge in [0.25, 0.3) is 0 Å². The average Bonchev–Trinajstić information content (AvgIpc) is 2.49. The zero-order chi connectivity index (χ0) is 14.4. The molecule has 1 amide bonds. The van der Waals surface area contributed by atoms with Gasteiger partial charge in [0.05, 0.1) is 13.2 Å². The molecule has 0 saturated carbocycles.